The second-order valence-corrected chi connectivity index (χ2v) is 4.69. The van der Waals surface area contributed by atoms with Crippen molar-refractivity contribution in [3.8, 4) is 11.3 Å². The number of nitrogens with zero attached hydrogens (tertiary/aromatic N) is 3. The van der Waals surface area contributed by atoms with Crippen LogP contribution in [0.1, 0.15) is 6.92 Å². The van der Waals surface area contributed by atoms with Gasteiger partial charge in [-0.05, 0) is 6.92 Å². The van der Waals surface area contributed by atoms with Crippen molar-refractivity contribution in [2.45, 2.75) is 6.92 Å². The normalized spacial score (nSPS) is 10.9. The molecule has 0 bridgehead atoms. The Balaban J connectivity index is 2.25. The molecule has 3 N–H and O–H groups in total. The number of H-pyrrole nitrogens is 1. The number of ether oxygens (including phenoxy) is 1. The highest BCUT2D eigenvalue weighted by Gasteiger charge is 2.19. The second-order valence-electron chi connectivity index (χ2n) is 4.31. The summed E-state index contributed by atoms with van der Waals surface area (Å²) < 4.78 is 7.83. The lowest BCUT2D eigenvalue weighted by Gasteiger charge is -2.00. The predicted molar refractivity (Wildman–Crippen MR) is 80.6 cm³/mol. The van der Waals surface area contributed by atoms with Crippen LogP contribution in [0, 0.1) is 4.64 Å². The van der Waals surface area contributed by atoms with E-state index >= 15 is 0 Å². The molecule has 0 radical (unpaired) electrons. The lowest BCUT2D eigenvalue weighted by molar-refractivity contribution is 0.149. The van der Waals surface area contributed by atoms with E-state index in [2.05, 4.69) is 10.2 Å². The van der Waals surface area contributed by atoms with Gasteiger partial charge in [0.05, 0.1) is 6.61 Å². The highest BCUT2D eigenvalue weighted by atomic mass is 32.1. The van der Waals surface area contributed by atoms with Gasteiger partial charge >= 0.3 is 6.09 Å². The van der Waals surface area contributed by atoms with E-state index in [1.54, 1.807) is 6.92 Å². The van der Waals surface area contributed by atoms with Gasteiger partial charge in [0, 0.05) is 5.56 Å². The van der Waals surface area contributed by atoms with Crippen LogP contribution in [0.3, 0.4) is 0 Å². The first kappa shape index (κ1) is 13.4. The lowest BCUT2D eigenvalue weighted by atomic mass is 10.1. The Hall–Kier alpha value is -2.61. The third-order valence-electron chi connectivity index (χ3n) is 3.01. The monoisotopic (exact) mass is 303 g/mol. The summed E-state index contributed by atoms with van der Waals surface area (Å²) in [5.41, 5.74) is 7.94. The molecule has 0 aliphatic rings. The Morgan fingerprint density at radius 3 is 2.81 bits per heavy atom. The zero-order chi connectivity index (χ0) is 15.0. The van der Waals surface area contributed by atoms with Crippen molar-refractivity contribution in [3.05, 3.63) is 35.0 Å². The summed E-state index contributed by atoms with van der Waals surface area (Å²) in [6, 6.07) is 9.50. The van der Waals surface area contributed by atoms with E-state index in [0.29, 0.717) is 11.2 Å². The van der Waals surface area contributed by atoms with E-state index in [0.717, 1.165) is 10.2 Å². The number of fused-ring (bicyclic) bond motifs is 1. The Bertz CT molecular complexity index is 862. The van der Waals surface area contributed by atoms with Gasteiger partial charge in [-0.25, -0.2) is 19.5 Å². The average Bonchev–Trinajstić information content (AvgIpc) is 2.99. The van der Waals surface area contributed by atoms with Crippen molar-refractivity contribution in [1.82, 2.24) is 19.4 Å². The van der Waals surface area contributed by atoms with Crippen molar-refractivity contribution >= 4 is 29.8 Å². The molecule has 21 heavy (non-hydrogen) atoms. The fraction of sp³-hybridized carbons (Fsp3) is 0.154. The van der Waals surface area contributed by atoms with Gasteiger partial charge in [-0.2, -0.15) is 4.68 Å². The first-order valence-corrected chi connectivity index (χ1v) is 6.75. The zero-order valence-electron chi connectivity index (χ0n) is 11.2. The van der Waals surface area contributed by atoms with Crippen molar-refractivity contribution in [3.63, 3.8) is 0 Å². The first-order valence-electron chi connectivity index (χ1n) is 6.35. The van der Waals surface area contributed by atoms with Crippen LogP contribution in [0.2, 0.25) is 0 Å². The molecular weight excluding hydrogens is 290 g/mol. The van der Waals surface area contributed by atoms with Gasteiger partial charge in [0.25, 0.3) is 0 Å². The summed E-state index contributed by atoms with van der Waals surface area (Å²) in [5, 5.41) is 2.77. The molecule has 0 aliphatic carbocycles. The van der Waals surface area contributed by atoms with Gasteiger partial charge in [-0.3, -0.25) is 0 Å². The molecule has 0 fully saturated rings. The van der Waals surface area contributed by atoms with Gasteiger partial charge in [0.1, 0.15) is 11.2 Å². The fourth-order valence-corrected chi connectivity index (χ4v) is 2.40. The van der Waals surface area contributed by atoms with Crippen LogP contribution in [0.25, 0.3) is 16.8 Å². The molecule has 0 unspecified atom stereocenters. The van der Waals surface area contributed by atoms with Crippen LogP contribution >= 0.6 is 12.2 Å². The maximum atomic E-state index is 11.9. The lowest BCUT2D eigenvalue weighted by Crippen LogP contribution is -2.16. The molecule has 8 heteroatoms. The molecule has 2 aromatic heterocycles. The highest BCUT2D eigenvalue weighted by Crippen LogP contribution is 2.26. The summed E-state index contributed by atoms with van der Waals surface area (Å²) in [7, 11) is 0. The molecule has 7 nitrogen and oxygen atoms in total. The number of hydrogen-bond acceptors (Lipinski definition) is 5. The van der Waals surface area contributed by atoms with Crippen molar-refractivity contribution in [1.29, 1.82) is 0 Å². The first-order chi connectivity index (χ1) is 10.1. The molecule has 2 heterocycles. The molecule has 0 saturated carbocycles. The van der Waals surface area contributed by atoms with Crippen LogP contribution < -0.4 is 5.73 Å². The van der Waals surface area contributed by atoms with Gasteiger partial charge in [0.2, 0.25) is 5.95 Å². The number of aromatic nitrogens is 4. The number of nitrogens with two attached hydrogens (primary N) is 1. The Morgan fingerprint density at radius 2 is 2.14 bits per heavy atom. The van der Waals surface area contributed by atoms with Gasteiger partial charge in [0.15, 0.2) is 4.64 Å². The third kappa shape index (κ3) is 2.09. The second kappa shape index (κ2) is 5.06. The molecule has 3 aromatic rings. The summed E-state index contributed by atoms with van der Waals surface area (Å²) >= 11 is 5.33. The summed E-state index contributed by atoms with van der Waals surface area (Å²) in [6.45, 7) is 1.98. The SMILES string of the molecule is CCOC(=O)n1[nH]n2c(N)nc(-c3ccccc3)c2c1=S. The van der Waals surface area contributed by atoms with Crippen molar-refractivity contribution < 1.29 is 9.53 Å². The molecule has 0 atom stereocenters. The maximum Gasteiger partial charge on any atom is 0.435 e. The minimum atomic E-state index is -0.579. The Morgan fingerprint density at radius 1 is 1.43 bits per heavy atom. The molecule has 0 saturated heterocycles. The van der Waals surface area contributed by atoms with E-state index in [4.69, 9.17) is 22.7 Å². The molecule has 0 spiro atoms. The fourth-order valence-electron chi connectivity index (χ4n) is 2.10. The molecule has 1 aromatic carbocycles. The van der Waals surface area contributed by atoms with E-state index < -0.39 is 6.09 Å². The van der Waals surface area contributed by atoms with Gasteiger partial charge < -0.3 is 10.5 Å². The number of imidazole rings is 1. The Kier molecular flexibility index (Phi) is 3.22. The predicted octanol–water partition coefficient (Wildman–Crippen LogP) is 2.45. The minimum absolute atomic E-state index is 0.220. The van der Waals surface area contributed by atoms with Crippen molar-refractivity contribution in [2.75, 3.05) is 12.3 Å². The number of nitrogens with one attached hydrogen (secondary N) is 1. The molecule has 108 valence electrons. The number of carbonyl (C=O) groups excluding carboxylic acids is 1. The van der Waals surface area contributed by atoms with Crippen molar-refractivity contribution in [2.24, 2.45) is 0 Å². The number of carbonyl (C=O) groups is 1. The number of anilines is 1. The summed E-state index contributed by atoms with van der Waals surface area (Å²) in [6.07, 6.45) is -0.579. The topological polar surface area (TPSA) is 90.3 Å². The molecule has 0 aliphatic heterocycles. The van der Waals surface area contributed by atoms with Crippen LogP contribution in [-0.4, -0.2) is 32.1 Å². The standard InChI is InChI=1S/C13H13N5O2S/c1-2-20-13(19)18-11(21)10-9(8-6-4-3-5-7-8)15-12(14)17(10)16-18/h3-7,16H,2H2,1H3,(H2,14,15). The quantitative estimate of drug-likeness (QED) is 0.710. The van der Waals surface area contributed by atoms with Gasteiger partial charge in [-0.1, -0.05) is 42.5 Å². The highest BCUT2D eigenvalue weighted by molar-refractivity contribution is 7.71. The molecular formula is C13H13N5O2S. The van der Waals surface area contributed by atoms with E-state index in [-0.39, 0.29) is 17.2 Å². The number of nitrogen functional groups attached to an aromatic ring is 1. The number of rotatable bonds is 2. The minimum Gasteiger partial charge on any atom is -0.448 e. The van der Waals surface area contributed by atoms with E-state index in [1.165, 1.54) is 4.52 Å². The van der Waals surface area contributed by atoms with Gasteiger partial charge in [-0.15, -0.1) is 0 Å². The number of aromatic amines is 1. The van der Waals surface area contributed by atoms with Crippen LogP contribution in [-0.2, 0) is 4.74 Å². The molecule has 0 amide bonds. The molecule has 3 rings (SSSR count). The largest absolute Gasteiger partial charge is 0.448 e. The van der Waals surface area contributed by atoms with Crippen LogP contribution in [0.5, 0.6) is 0 Å². The number of hydrogen-bond donors (Lipinski definition) is 2. The van der Waals surface area contributed by atoms with E-state index in [9.17, 15) is 4.79 Å². The third-order valence-corrected chi connectivity index (χ3v) is 3.38. The average molecular weight is 303 g/mol. The van der Waals surface area contributed by atoms with Crippen LogP contribution in [0.15, 0.2) is 30.3 Å². The smallest absolute Gasteiger partial charge is 0.435 e. The zero-order valence-corrected chi connectivity index (χ0v) is 12.1. The summed E-state index contributed by atoms with van der Waals surface area (Å²) in [5.74, 6) is 0.220. The Labute approximate surface area is 124 Å². The van der Waals surface area contributed by atoms with E-state index in [1.807, 2.05) is 30.3 Å². The number of benzene rings is 1. The maximum absolute atomic E-state index is 11.9. The summed E-state index contributed by atoms with van der Waals surface area (Å²) in [4.78, 5) is 16.2. The van der Waals surface area contributed by atoms with Crippen LogP contribution in [0.4, 0.5) is 10.7 Å².